The molecule has 0 spiro atoms. The SMILES string of the molecule is CC(C(=O)Nc1cnn(CC(=O)O)c1)n1cccn1. The van der Waals surface area contributed by atoms with E-state index in [2.05, 4.69) is 15.5 Å². The summed E-state index contributed by atoms with van der Waals surface area (Å²) < 4.78 is 2.76. The summed E-state index contributed by atoms with van der Waals surface area (Å²) in [6.45, 7) is 1.47. The van der Waals surface area contributed by atoms with Crippen LogP contribution in [-0.2, 0) is 16.1 Å². The fourth-order valence-electron chi connectivity index (χ4n) is 1.53. The third-order valence-electron chi connectivity index (χ3n) is 2.50. The van der Waals surface area contributed by atoms with Crippen LogP contribution in [-0.4, -0.2) is 36.5 Å². The molecule has 2 aromatic heterocycles. The van der Waals surface area contributed by atoms with E-state index in [0.29, 0.717) is 5.69 Å². The first-order chi connectivity index (χ1) is 9.06. The molecule has 1 unspecified atom stereocenters. The minimum absolute atomic E-state index is 0.245. The van der Waals surface area contributed by atoms with Gasteiger partial charge >= 0.3 is 5.97 Å². The van der Waals surface area contributed by atoms with Crippen molar-refractivity contribution in [2.24, 2.45) is 0 Å². The number of hydrogen-bond acceptors (Lipinski definition) is 4. The summed E-state index contributed by atoms with van der Waals surface area (Å²) in [7, 11) is 0. The molecule has 8 heteroatoms. The Labute approximate surface area is 108 Å². The second-order valence-corrected chi connectivity index (χ2v) is 3.97. The van der Waals surface area contributed by atoms with Crippen molar-refractivity contribution >= 4 is 17.6 Å². The first-order valence-electron chi connectivity index (χ1n) is 5.60. The molecule has 0 saturated heterocycles. The molecule has 2 aromatic rings. The number of aliphatic carboxylic acids is 1. The highest BCUT2D eigenvalue weighted by Gasteiger charge is 2.15. The molecule has 0 aliphatic carbocycles. The van der Waals surface area contributed by atoms with Gasteiger partial charge in [0.1, 0.15) is 12.6 Å². The van der Waals surface area contributed by atoms with E-state index in [1.165, 1.54) is 21.8 Å². The van der Waals surface area contributed by atoms with E-state index in [-0.39, 0.29) is 12.5 Å². The molecule has 2 heterocycles. The van der Waals surface area contributed by atoms with Crippen molar-refractivity contribution in [3.8, 4) is 0 Å². The summed E-state index contributed by atoms with van der Waals surface area (Å²) in [6.07, 6.45) is 6.14. The number of anilines is 1. The molecule has 0 fully saturated rings. The molecular formula is C11H13N5O3. The molecule has 100 valence electrons. The second kappa shape index (κ2) is 5.34. The topological polar surface area (TPSA) is 102 Å². The number of aromatic nitrogens is 4. The third-order valence-corrected chi connectivity index (χ3v) is 2.50. The average Bonchev–Trinajstić information content (AvgIpc) is 2.98. The van der Waals surface area contributed by atoms with Gasteiger partial charge in [0.2, 0.25) is 5.91 Å². The second-order valence-electron chi connectivity index (χ2n) is 3.97. The van der Waals surface area contributed by atoms with Crippen LogP contribution in [0.3, 0.4) is 0 Å². The molecule has 19 heavy (non-hydrogen) atoms. The smallest absolute Gasteiger partial charge is 0.325 e. The van der Waals surface area contributed by atoms with E-state index < -0.39 is 12.0 Å². The molecule has 8 nitrogen and oxygen atoms in total. The van der Waals surface area contributed by atoms with Crippen LogP contribution in [0.5, 0.6) is 0 Å². The Balaban J connectivity index is 1.99. The maximum Gasteiger partial charge on any atom is 0.325 e. The van der Waals surface area contributed by atoms with Gasteiger partial charge in [0.15, 0.2) is 0 Å². The maximum atomic E-state index is 11.9. The number of nitrogens with one attached hydrogen (secondary N) is 1. The first-order valence-corrected chi connectivity index (χ1v) is 5.60. The van der Waals surface area contributed by atoms with Gasteiger partial charge in [-0.2, -0.15) is 10.2 Å². The predicted molar refractivity (Wildman–Crippen MR) is 65.4 cm³/mol. The number of carbonyl (C=O) groups is 2. The molecule has 2 rings (SSSR count). The average molecular weight is 263 g/mol. The lowest BCUT2D eigenvalue weighted by Crippen LogP contribution is -2.23. The fourth-order valence-corrected chi connectivity index (χ4v) is 1.53. The molecule has 0 radical (unpaired) electrons. The predicted octanol–water partition coefficient (Wildman–Crippen LogP) is 0.364. The van der Waals surface area contributed by atoms with Crippen molar-refractivity contribution in [1.82, 2.24) is 19.6 Å². The zero-order valence-corrected chi connectivity index (χ0v) is 10.2. The molecular weight excluding hydrogens is 250 g/mol. The third kappa shape index (κ3) is 3.18. The molecule has 0 aliphatic heterocycles. The van der Waals surface area contributed by atoms with Gasteiger partial charge in [-0.25, -0.2) is 0 Å². The van der Waals surface area contributed by atoms with Crippen LogP contribution in [0.15, 0.2) is 30.9 Å². The lowest BCUT2D eigenvalue weighted by atomic mass is 10.3. The molecule has 0 bridgehead atoms. The Hall–Kier alpha value is -2.64. The lowest BCUT2D eigenvalue weighted by Gasteiger charge is -2.11. The van der Waals surface area contributed by atoms with Crippen LogP contribution < -0.4 is 5.32 Å². The van der Waals surface area contributed by atoms with Crippen molar-refractivity contribution < 1.29 is 14.7 Å². The fraction of sp³-hybridized carbons (Fsp3) is 0.273. The van der Waals surface area contributed by atoms with Crippen LogP contribution >= 0.6 is 0 Å². The van der Waals surface area contributed by atoms with Crippen LogP contribution in [0.1, 0.15) is 13.0 Å². The summed E-state index contributed by atoms with van der Waals surface area (Å²) in [6, 6.07) is 1.27. The Morgan fingerprint density at radius 3 is 2.89 bits per heavy atom. The highest BCUT2D eigenvalue weighted by atomic mass is 16.4. The van der Waals surface area contributed by atoms with Gasteiger partial charge in [0.25, 0.3) is 0 Å². The minimum atomic E-state index is -0.995. The standard InChI is InChI=1S/C11H13N5O3/c1-8(16-4-2-3-12-16)11(19)14-9-5-13-15(6-9)7-10(17)18/h2-6,8H,7H2,1H3,(H,14,19)(H,17,18). The summed E-state index contributed by atoms with van der Waals surface area (Å²) in [4.78, 5) is 22.4. The zero-order valence-electron chi connectivity index (χ0n) is 10.2. The van der Waals surface area contributed by atoms with E-state index in [1.54, 1.807) is 25.4 Å². The zero-order chi connectivity index (χ0) is 13.8. The van der Waals surface area contributed by atoms with E-state index in [0.717, 1.165) is 0 Å². The Morgan fingerprint density at radius 1 is 1.47 bits per heavy atom. The highest BCUT2D eigenvalue weighted by molar-refractivity contribution is 5.93. The lowest BCUT2D eigenvalue weighted by molar-refractivity contribution is -0.137. The number of nitrogens with zero attached hydrogens (tertiary/aromatic N) is 4. The highest BCUT2D eigenvalue weighted by Crippen LogP contribution is 2.10. The first kappa shape index (κ1) is 12.8. The summed E-state index contributed by atoms with van der Waals surface area (Å²) >= 11 is 0. The molecule has 1 atom stereocenters. The largest absolute Gasteiger partial charge is 0.480 e. The van der Waals surface area contributed by atoms with E-state index in [1.807, 2.05) is 0 Å². The molecule has 2 N–H and O–H groups in total. The van der Waals surface area contributed by atoms with E-state index >= 15 is 0 Å². The molecule has 1 amide bonds. The van der Waals surface area contributed by atoms with Crippen LogP contribution in [0, 0.1) is 0 Å². The van der Waals surface area contributed by atoms with Gasteiger partial charge in [-0.3, -0.25) is 19.0 Å². The number of carbonyl (C=O) groups excluding carboxylic acids is 1. The number of carboxylic acids is 1. The van der Waals surface area contributed by atoms with Crippen molar-refractivity contribution in [3.05, 3.63) is 30.9 Å². The molecule has 0 aromatic carbocycles. The Kier molecular flexibility index (Phi) is 3.60. The molecule has 0 saturated carbocycles. The van der Waals surface area contributed by atoms with Crippen LogP contribution in [0.25, 0.3) is 0 Å². The normalized spacial score (nSPS) is 12.1. The number of rotatable bonds is 5. The maximum absolute atomic E-state index is 11.9. The van der Waals surface area contributed by atoms with Gasteiger partial charge in [0, 0.05) is 18.6 Å². The van der Waals surface area contributed by atoms with Gasteiger partial charge in [-0.1, -0.05) is 0 Å². The Bertz CT molecular complexity index is 575. The van der Waals surface area contributed by atoms with Gasteiger partial charge in [-0.15, -0.1) is 0 Å². The van der Waals surface area contributed by atoms with Gasteiger partial charge < -0.3 is 10.4 Å². The van der Waals surface area contributed by atoms with Crippen molar-refractivity contribution in [2.45, 2.75) is 19.5 Å². The molecule has 0 aliphatic rings. The Morgan fingerprint density at radius 2 is 2.26 bits per heavy atom. The monoisotopic (exact) mass is 263 g/mol. The number of carboxylic acid groups (broad SMARTS) is 1. The minimum Gasteiger partial charge on any atom is -0.480 e. The summed E-state index contributed by atoms with van der Waals surface area (Å²) in [5.41, 5.74) is 0.449. The quantitative estimate of drug-likeness (QED) is 0.811. The van der Waals surface area contributed by atoms with Crippen molar-refractivity contribution in [3.63, 3.8) is 0 Å². The van der Waals surface area contributed by atoms with Crippen molar-refractivity contribution in [2.75, 3.05) is 5.32 Å². The van der Waals surface area contributed by atoms with Crippen LogP contribution in [0.4, 0.5) is 5.69 Å². The van der Waals surface area contributed by atoms with Gasteiger partial charge in [0.05, 0.1) is 11.9 Å². The summed E-state index contributed by atoms with van der Waals surface area (Å²) in [5.74, 6) is -1.25. The van der Waals surface area contributed by atoms with Crippen molar-refractivity contribution in [1.29, 1.82) is 0 Å². The van der Waals surface area contributed by atoms with Crippen LogP contribution in [0.2, 0.25) is 0 Å². The summed E-state index contributed by atoms with van der Waals surface area (Å²) in [5, 5.41) is 19.1. The number of amides is 1. The van der Waals surface area contributed by atoms with E-state index in [4.69, 9.17) is 5.11 Å². The van der Waals surface area contributed by atoms with Gasteiger partial charge in [-0.05, 0) is 13.0 Å². The number of hydrogen-bond donors (Lipinski definition) is 2. The van der Waals surface area contributed by atoms with E-state index in [9.17, 15) is 9.59 Å².